The van der Waals surface area contributed by atoms with Gasteiger partial charge in [0.15, 0.2) is 0 Å². The molecule has 1 amide bonds. The normalized spacial score (nSPS) is 18.3. The standard InChI is InChI=1S/C22H24BrN3O4/c1-25(2)11-6-12-26-19(16-7-4-5-10-24-16)18(21(28)22(26)29)20(27)14-8-9-17(30-3)15(23)13-14/h4-5,7-10,13,19,27H,6,11-12H2,1-3H3/b20-18-. The molecule has 1 aliphatic heterocycles. The van der Waals surface area contributed by atoms with Crippen molar-refractivity contribution in [1.82, 2.24) is 14.8 Å². The molecule has 0 aliphatic carbocycles. The molecule has 7 nitrogen and oxygen atoms in total. The Morgan fingerprint density at radius 2 is 2.03 bits per heavy atom. The molecule has 0 spiro atoms. The van der Waals surface area contributed by atoms with Gasteiger partial charge in [0, 0.05) is 18.3 Å². The van der Waals surface area contributed by atoms with Crippen molar-refractivity contribution in [3.63, 3.8) is 0 Å². The molecule has 1 saturated heterocycles. The number of hydrogen-bond donors (Lipinski definition) is 1. The second-order valence-electron chi connectivity index (χ2n) is 7.25. The number of carbonyl (C=O) groups excluding carboxylic acids is 2. The van der Waals surface area contributed by atoms with E-state index in [1.807, 2.05) is 19.0 Å². The van der Waals surface area contributed by atoms with E-state index in [0.29, 0.717) is 34.4 Å². The first-order chi connectivity index (χ1) is 14.3. The van der Waals surface area contributed by atoms with Crippen LogP contribution in [0.1, 0.15) is 23.7 Å². The molecule has 1 unspecified atom stereocenters. The molecular weight excluding hydrogens is 450 g/mol. The van der Waals surface area contributed by atoms with Crippen molar-refractivity contribution in [2.75, 3.05) is 34.3 Å². The number of ketones is 1. The summed E-state index contributed by atoms with van der Waals surface area (Å²) >= 11 is 3.39. The number of likely N-dealkylation sites (tertiary alicyclic amines) is 1. The van der Waals surface area contributed by atoms with Gasteiger partial charge in [-0.2, -0.15) is 0 Å². The lowest BCUT2D eigenvalue weighted by Crippen LogP contribution is -2.32. The van der Waals surface area contributed by atoms with Gasteiger partial charge in [-0.25, -0.2) is 0 Å². The van der Waals surface area contributed by atoms with Gasteiger partial charge in [0.1, 0.15) is 17.6 Å². The Labute approximate surface area is 184 Å². The van der Waals surface area contributed by atoms with Crippen LogP contribution >= 0.6 is 15.9 Å². The highest BCUT2D eigenvalue weighted by Crippen LogP contribution is 2.39. The third-order valence-electron chi connectivity index (χ3n) is 4.94. The van der Waals surface area contributed by atoms with E-state index < -0.39 is 17.7 Å². The summed E-state index contributed by atoms with van der Waals surface area (Å²) in [6.45, 7) is 1.15. The largest absolute Gasteiger partial charge is 0.507 e. The van der Waals surface area contributed by atoms with E-state index in [4.69, 9.17) is 4.74 Å². The quantitative estimate of drug-likeness (QED) is 0.377. The van der Waals surface area contributed by atoms with E-state index in [9.17, 15) is 14.7 Å². The minimum Gasteiger partial charge on any atom is -0.507 e. The van der Waals surface area contributed by atoms with Crippen LogP contribution in [0.25, 0.3) is 5.76 Å². The number of halogens is 1. The van der Waals surface area contributed by atoms with Gasteiger partial charge in [-0.3, -0.25) is 14.6 Å². The maximum absolute atomic E-state index is 12.9. The molecule has 30 heavy (non-hydrogen) atoms. The summed E-state index contributed by atoms with van der Waals surface area (Å²) in [5.41, 5.74) is 0.992. The van der Waals surface area contributed by atoms with Crippen molar-refractivity contribution in [2.24, 2.45) is 0 Å². The number of ether oxygens (including phenoxy) is 1. The number of aliphatic hydroxyl groups excluding tert-OH is 1. The summed E-state index contributed by atoms with van der Waals surface area (Å²) in [4.78, 5) is 33.7. The molecule has 2 aromatic rings. The average molecular weight is 474 g/mol. The predicted octanol–water partition coefficient (Wildman–Crippen LogP) is 3.23. The molecular formula is C22H24BrN3O4. The Kier molecular flexibility index (Phi) is 6.89. The van der Waals surface area contributed by atoms with Gasteiger partial charge in [-0.1, -0.05) is 6.07 Å². The topological polar surface area (TPSA) is 83.0 Å². The first-order valence-electron chi connectivity index (χ1n) is 9.53. The fourth-order valence-electron chi connectivity index (χ4n) is 3.48. The maximum atomic E-state index is 12.9. The van der Waals surface area contributed by atoms with Gasteiger partial charge in [0.2, 0.25) is 0 Å². The zero-order valence-corrected chi connectivity index (χ0v) is 18.7. The zero-order chi connectivity index (χ0) is 21.8. The van der Waals surface area contributed by atoms with Crippen LogP contribution in [0.4, 0.5) is 0 Å². The minimum atomic E-state index is -0.741. The van der Waals surface area contributed by atoms with Crippen LogP contribution in [0, 0.1) is 0 Å². The van der Waals surface area contributed by atoms with Crippen LogP contribution in [0.3, 0.4) is 0 Å². The molecule has 3 rings (SSSR count). The first kappa shape index (κ1) is 22.0. The lowest BCUT2D eigenvalue weighted by Gasteiger charge is -2.25. The smallest absolute Gasteiger partial charge is 0.295 e. The number of carbonyl (C=O) groups is 2. The Morgan fingerprint density at radius 1 is 1.27 bits per heavy atom. The minimum absolute atomic E-state index is 0.0422. The number of aromatic nitrogens is 1. The van der Waals surface area contributed by atoms with E-state index >= 15 is 0 Å². The van der Waals surface area contributed by atoms with Crippen molar-refractivity contribution < 1.29 is 19.4 Å². The van der Waals surface area contributed by atoms with E-state index in [-0.39, 0.29) is 11.3 Å². The third kappa shape index (κ3) is 4.39. The highest BCUT2D eigenvalue weighted by atomic mass is 79.9. The molecule has 1 aliphatic rings. The van der Waals surface area contributed by atoms with E-state index in [1.165, 1.54) is 4.90 Å². The highest BCUT2D eigenvalue weighted by Gasteiger charge is 2.46. The van der Waals surface area contributed by atoms with Gasteiger partial charge >= 0.3 is 0 Å². The van der Waals surface area contributed by atoms with Gasteiger partial charge in [0.25, 0.3) is 11.7 Å². The second kappa shape index (κ2) is 9.40. The Balaban J connectivity index is 2.08. The lowest BCUT2D eigenvalue weighted by molar-refractivity contribution is -0.140. The first-order valence-corrected chi connectivity index (χ1v) is 10.3. The van der Waals surface area contributed by atoms with E-state index in [0.717, 1.165) is 6.54 Å². The van der Waals surface area contributed by atoms with Crippen molar-refractivity contribution >= 4 is 33.4 Å². The summed E-state index contributed by atoms with van der Waals surface area (Å²) in [7, 11) is 5.44. The summed E-state index contributed by atoms with van der Waals surface area (Å²) < 4.78 is 5.85. The fourth-order valence-corrected chi connectivity index (χ4v) is 4.02. The van der Waals surface area contributed by atoms with Gasteiger partial charge in [-0.05, 0) is 73.3 Å². The monoisotopic (exact) mass is 473 g/mol. The molecule has 0 radical (unpaired) electrons. The number of benzene rings is 1. The predicted molar refractivity (Wildman–Crippen MR) is 117 cm³/mol. The molecule has 1 aromatic heterocycles. The molecule has 158 valence electrons. The average Bonchev–Trinajstić information content (AvgIpc) is 2.98. The number of amides is 1. The van der Waals surface area contributed by atoms with Crippen LogP contribution < -0.4 is 4.74 Å². The molecule has 2 heterocycles. The highest BCUT2D eigenvalue weighted by molar-refractivity contribution is 9.10. The molecule has 1 aromatic carbocycles. The SMILES string of the molecule is COc1ccc(/C(O)=C2/C(=O)C(=O)N(CCCN(C)C)C2c2ccccn2)cc1Br. The molecule has 0 saturated carbocycles. The third-order valence-corrected chi connectivity index (χ3v) is 5.56. The Morgan fingerprint density at radius 3 is 2.63 bits per heavy atom. The summed E-state index contributed by atoms with van der Waals surface area (Å²) in [6.07, 6.45) is 2.30. The van der Waals surface area contributed by atoms with Crippen molar-refractivity contribution in [3.8, 4) is 5.75 Å². The summed E-state index contributed by atoms with van der Waals surface area (Å²) in [5.74, 6) is -0.974. The van der Waals surface area contributed by atoms with Gasteiger partial charge in [0.05, 0.1) is 22.8 Å². The van der Waals surface area contributed by atoms with Crippen LogP contribution in [0.5, 0.6) is 5.75 Å². The number of nitrogens with zero attached hydrogens (tertiary/aromatic N) is 3. The molecule has 1 atom stereocenters. The van der Waals surface area contributed by atoms with Crippen LogP contribution in [0.2, 0.25) is 0 Å². The zero-order valence-electron chi connectivity index (χ0n) is 17.1. The Bertz CT molecular complexity index is 976. The van der Waals surface area contributed by atoms with E-state index in [1.54, 1.807) is 49.7 Å². The maximum Gasteiger partial charge on any atom is 0.295 e. The number of methoxy groups -OCH3 is 1. The number of Topliss-reactive ketones (excluding diaryl/α,β-unsaturated/α-hetero) is 1. The van der Waals surface area contributed by atoms with Crippen molar-refractivity contribution in [1.29, 1.82) is 0 Å². The lowest BCUT2D eigenvalue weighted by atomic mass is 9.98. The number of rotatable bonds is 7. The van der Waals surface area contributed by atoms with Gasteiger partial charge < -0.3 is 19.6 Å². The van der Waals surface area contributed by atoms with Crippen molar-refractivity contribution in [2.45, 2.75) is 12.5 Å². The van der Waals surface area contributed by atoms with Crippen LogP contribution in [0.15, 0.2) is 52.6 Å². The number of pyridine rings is 1. The second-order valence-corrected chi connectivity index (χ2v) is 8.11. The molecule has 8 heteroatoms. The molecule has 1 N–H and O–H groups in total. The molecule has 0 bridgehead atoms. The number of aliphatic hydroxyl groups is 1. The van der Waals surface area contributed by atoms with E-state index in [2.05, 4.69) is 20.9 Å². The van der Waals surface area contributed by atoms with Crippen molar-refractivity contribution in [3.05, 3.63) is 63.9 Å². The van der Waals surface area contributed by atoms with Crippen LogP contribution in [-0.4, -0.2) is 65.9 Å². The summed E-state index contributed by atoms with van der Waals surface area (Å²) in [6, 6.07) is 9.56. The fraction of sp³-hybridized carbons (Fsp3) is 0.318. The summed E-state index contributed by atoms with van der Waals surface area (Å²) in [5, 5.41) is 11.0. The number of hydrogen-bond acceptors (Lipinski definition) is 6. The Hall–Kier alpha value is -2.71. The van der Waals surface area contributed by atoms with Crippen LogP contribution in [-0.2, 0) is 9.59 Å². The molecule has 1 fully saturated rings. The van der Waals surface area contributed by atoms with Gasteiger partial charge in [-0.15, -0.1) is 0 Å².